The molecule has 0 saturated heterocycles. The van der Waals surface area contributed by atoms with Crippen molar-refractivity contribution >= 4 is 34.8 Å². The maximum atomic E-state index is 12.8. The van der Waals surface area contributed by atoms with Gasteiger partial charge in [0, 0.05) is 17.9 Å². The second kappa shape index (κ2) is 6.26. The Morgan fingerprint density at radius 1 is 0.880 bits per heavy atom. The van der Waals surface area contributed by atoms with Gasteiger partial charge in [-0.3, -0.25) is 9.59 Å². The number of Topliss-reactive ketones (excluding diaryl/α,β-unsaturated/α-hetero) is 2. The summed E-state index contributed by atoms with van der Waals surface area (Å²) in [4.78, 5) is 24.1. The van der Waals surface area contributed by atoms with E-state index in [0.717, 1.165) is 16.7 Å². The molecule has 25 heavy (non-hydrogen) atoms. The van der Waals surface area contributed by atoms with Crippen molar-refractivity contribution < 1.29 is 9.59 Å². The van der Waals surface area contributed by atoms with Crippen molar-refractivity contribution in [2.24, 2.45) is 5.41 Å². The van der Waals surface area contributed by atoms with E-state index in [1.54, 1.807) is 0 Å². The Labute approximate surface area is 158 Å². The van der Waals surface area contributed by atoms with Crippen molar-refractivity contribution in [2.75, 3.05) is 0 Å². The number of hydrogen-bond acceptors (Lipinski definition) is 2. The Balaban J connectivity index is 2.10. The number of carbonyl (C=O) groups is 2. The van der Waals surface area contributed by atoms with Gasteiger partial charge in [-0.1, -0.05) is 61.3 Å². The van der Waals surface area contributed by atoms with Gasteiger partial charge in [-0.05, 0) is 52.8 Å². The Kier molecular flexibility index (Phi) is 4.55. The molecule has 130 valence electrons. The van der Waals surface area contributed by atoms with Gasteiger partial charge in [-0.15, -0.1) is 0 Å². The van der Waals surface area contributed by atoms with Crippen LogP contribution in [0.5, 0.6) is 0 Å². The van der Waals surface area contributed by atoms with Crippen LogP contribution in [0.25, 0.3) is 11.1 Å². The molecule has 0 unspecified atom stereocenters. The molecule has 1 saturated carbocycles. The van der Waals surface area contributed by atoms with Gasteiger partial charge in [0.05, 0.1) is 0 Å². The van der Waals surface area contributed by atoms with E-state index >= 15 is 0 Å². The van der Waals surface area contributed by atoms with Crippen LogP contribution in [-0.2, 0) is 14.5 Å². The number of rotatable bonds is 2. The summed E-state index contributed by atoms with van der Waals surface area (Å²) < 4.78 is 0. The highest BCUT2D eigenvalue weighted by Gasteiger charge is 2.52. The highest BCUT2D eigenvalue weighted by Crippen LogP contribution is 2.46. The summed E-state index contributed by atoms with van der Waals surface area (Å²) in [5.74, 6) is -0.432. The molecule has 0 atom stereocenters. The third-order valence-electron chi connectivity index (χ3n) is 4.83. The molecule has 3 rings (SSSR count). The van der Waals surface area contributed by atoms with E-state index in [0.29, 0.717) is 23.4 Å². The van der Waals surface area contributed by atoms with Crippen LogP contribution in [0.3, 0.4) is 0 Å². The molecule has 0 bridgehead atoms. The third-order valence-corrected chi connectivity index (χ3v) is 5.71. The molecule has 2 aromatic carbocycles. The molecule has 0 N–H and O–H groups in total. The summed E-state index contributed by atoms with van der Waals surface area (Å²) in [6.07, 6.45) is 0.597. The summed E-state index contributed by atoms with van der Waals surface area (Å²) in [6, 6.07) is 13.2. The lowest BCUT2D eigenvalue weighted by atomic mass is 9.68. The normalized spacial score (nSPS) is 19.1. The van der Waals surface area contributed by atoms with Gasteiger partial charge in [0.25, 0.3) is 0 Å². The number of hydrogen-bond donors (Lipinski definition) is 0. The molecule has 0 radical (unpaired) electrons. The second-order valence-electron chi connectivity index (χ2n) is 7.56. The number of carbonyl (C=O) groups excluding carboxylic acids is 2. The molecule has 0 heterocycles. The first-order valence-corrected chi connectivity index (χ1v) is 9.02. The van der Waals surface area contributed by atoms with Crippen molar-refractivity contribution in [1.29, 1.82) is 0 Å². The molecule has 0 aliphatic heterocycles. The molecular weight excluding hydrogens is 355 g/mol. The molecule has 0 amide bonds. The van der Waals surface area contributed by atoms with Crippen LogP contribution in [0.2, 0.25) is 5.02 Å². The lowest BCUT2D eigenvalue weighted by Gasteiger charge is -2.38. The molecule has 2 aromatic rings. The van der Waals surface area contributed by atoms with E-state index in [4.69, 9.17) is 23.2 Å². The van der Waals surface area contributed by atoms with E-state index in [9.17, 15) is 9.59 Å². The Morgan fingerprint density at radius 3 is 1.96 bits per heavy atom. The average molecular weight is 375 g/mol. The average Bonchev–Trinajstić information content (AvgIpc) is 2.53. The predicted octanol–water partition coefficient (Wildman–Crippen LogP) is 5.71. The van der Waals surface area contributed by atoms with Crippen LogP contribution in [-0.4, -0.2) is 11.6 Å². The van der Waals surface area contributed by atoms with Gasteiger partial charge >= 0.3 is 0 Å². The summed E-state index contributed by atoms with van der Waals surface area (Å²) in [5, 5.41) is 0.657. The van der Waals surface area contributed by atoms with Gasteiger partial charge in [-0.2, -0.15) is 0 Å². The molecular formula is C21H20Cl2O2. The summed E-state index contributed by atoms with van der Waals surface area (Å²) in [6.45, 7) is 5.73. The van der Waals surface area contributed by atoms with Gasteiger partial charge in [0.15, 0.2) is 16.4 Å². The van der Waals surface area contributed by atoms with Crippen LogP contribution in [0.15, 0.2) is 42.5 Å². The second-order valence-corrected chi connectivity index (χ2v) is 8.56. The lowest BCUT2D eigenvalue weighted by molar-refractivity contribution is -0.138. The number of halogens is 2. The zero-order valence-electron chi connectivity index (χ0n) is 14.5. The fourth-order valence-electron chi connectivity index (χ4n) is 3.45. The van der Waals surface area contributed by atoms with Gasteiger partial charge in [-0.25, -0.2) is 0 Å². The predicted molar refractivity (Wildman–Crippen MR) is 102 cm³/mol. The lowest BCUT2D eigenvalue weighted by Crippen LogP contribution is -2.47. The first kappa shape index (κ1) is 18.2. The zero-order chi connectivity index (χ0) is 18.4. The van der Waals surface area contributed by atoms with Gasteiger partial charge < -0.3 is 0 Å². The molecule has 1 fully saturated rings. The largest absolute Gasteiger partial charge is 0.297 e. The highest BCUT2D eigenvalue weighted by molar-refractivity contribution is 6.47. The summed E-state index contributed by atoms with van der Waals surface area (Å²) >= 11 is 12.7. The van der Waals surface area contributed by atoms with Crippen molar-refractivity contribution in [3.63, 3.8) is 0 Å². The minimum absolute atomic E-state index is 0.216. The molecule has 0 spiro atoms. The maximum Gasteiger partial charge on any atom is 0.186 e. The fraction of sp³-hybridized carbons (Fsp3) is 0.333. The standard InChI is InChI=1S/C21H20Cl2O2/c1-13-4-5-15(14-6-8-16(22)9-7-14)10-17(13)21(23)18(24)11-20(2,3)12-19(21)25/h4-10H,11-12H2,1-3H3. The monoisotopic (exact) mass is 374 g/mol. The van der Waals surface area contributed by atoms with Crippen molar-refractivity contribution in [3.05, 3.63) is 58.6 Å². The molecule has 4 heteroatoms. The smallest absolute Gasteiger partial charge is 0.186 e. The third kappa shape index (κ3) is 3.26. The number of benzene rings is 2. The summed E-state index contributed by atoms with van der Waals surface area (Å²) in [7, 11) is 0. The molecule has 2 nitrogen and oxygen atoms in total. The Bertz CT molecular complexity index is 831. The quantitative estimate of drug-likeness (QED) is 0.498. The first-order chi connectivity index (χ1) is 11.6. The Morgan fingerprint density at radius 2 is 1.40 bits per heavy atom. The maximum absolute atomic E-state index is 12.8. The fourth-order valence-corrected chi connectivity index (χ4v) is 3.91. The van der Waals surface area contributed by atoms with Crippen molar-refractivity contribution in [3.8, 4) is 11.1 Å². The van der Waals surface area contributed by atoms with E-state index in [2.05, 4.69) is 0 Å². The first-order valence-electron chi connectivity index (χ1n) is 8.26. The summed E-state index contributed by atoms with van der Waals surface area (Å²) in [5.41, 5.74) is 2.96. The van der Waals surface area contributed by atoms with Gasteiger partial charge in [0.2, 0.25) is 0 Å². The number of alkyl halides is 1. The SMILES string of the molecule is Cc1ccc(-c2ccc(Cl)cc2)cc1C1(Cl)C(=O)CC(C)(C)CC1=O. The van der Waals surface area contributed by atoms with E-state index in [1.807, 2.05) is 63.2 Å². The van der Waals surface area contributed by atoms with Crippen molar-refractivity contribution in [2.45, 2.75) is 38.5 Å². The minimum atomic E-state index is -1.58. The van der Waals surface area contributed by atoms with Crippen LogP contribution < -0.4 is 0 Å². The molecule has 0 aromatic heterocycles. The minimum Gasteiger partial charge on any atom is -0.297 e. The van der Waals surface area contributed by atoms with Crippen LogP contribution in [0, 0.1) is 12.3 Å². The van der Waals surface area contributed by atoms with Crippen LogP contribution >= 0.6 is 23.2 Å². The molecule has 1 aliphatic rings. The van der Waals surface area contributed by atoms with Crippen LogP contribution in [0.4, 0.5) is 0 Å². The van der Waals surface area contributed by atoms with E-state index < -0.39 is 4.87 Å². The zero-order valence-corrected chi connectivity index (χ0v) is 16.0. The number of ketones is 2. The molecule has 1 aliphatic carbocycles. The van der Waals surface area contributed by atoms with Crippen molar-refractivity contribution in [1.82, 2.24) is 0 Å². The van der Waals surface area contributed by atoms with E-state index in [1.165, 1.54) is 0 Å². The van der Waals surface area contributed by atoms with E-state index in [-0.39, 0.29) is 17.0 Å². The number of aryl methyl sites for hydroxylation is 1. The Hall–Kier alpha value is -1.64. The topological polar surface area (TPSA) is 34.1 Å². The van der Waals surface area contributed by atoms with Crippen LogP contribution in [0.1, 0.15) is 37.8 Å². The van der Waals surface area contributed by atoms with Gasteiger partial charge in [0.1, 0.15) is 0 Å². The highest BCUT2D eigenvalue weighted by atomic mass is 35.5.